The van der Waals surface area contributed by atoms with Crippen LogP contribution >= 0.6 is 11.6 Å². The van der Waals surface area contributed by atoms with Crippen LogP contribution in [0.15, 0.2) is 24.5 Å². The number of aromatic nitrogens is 2. The Morgan fingerprint density at radius 2 is 2.10 bits per heavy atom. The van der Waals surface area contributed by atoms with Crippen molar-refractivity contribution in [3.63, 3.8) is 0 Å². The van der Waals surface area contributed by atoms with Crippen LogP contribution in [-0.2, 0) is 6.54 Å². The van der Waals surface area contributed by atoms with Gasteiger partial charge in [-0.15, -0.1) is 11.6 Å². The number of Topliss-reactive ketones (excluding diaryl/α,β-unsaturated/α-hetero) is 1. The Kier molecular flexibility index (Phi) is 4.29. The van der Waals surface area contributed by atoms with Crippen LogP contribution in [0.1, 0.15) is 39.8 Å². The normalized spacial score (nSPS) is 12.4. The van der Waals surface area contributed by atoms with Crippen LogP contribution in [0.3, 0.4) is 0 Å². The number of carbonyl (C=O) groups is 1. The zero-order chi connectivity index (χ0) is 14.9. The molecular weight excluding hydrogens is 272 g/mol. The van der Waals surface area contributed by atoms with E-state index in [0.717, 1.165) is 29.1 Å². The van der Waals surface area contributed by atoms with Gasteiger partial charge >= 0.3 is 0 Å². The van der Waals surface area contributed by atoms with Crippen LogP contribution in [-0.4, -0.2) is 20.7 Å². The number of rotatable bonds is 4. The van der Waals surface area contributed by atoms with Crippen molar-refractivity contribution in [3.8, 4) is 0 Å². The number of pyridine rings is 1. The largest absolute Gasteiger partial charge is 0.344 e. The molecule has 106 valence electrons. The molecular formula is C16H19ClN2O. The molecule has 0 aliphatic heterocycles. The van der Waals surface area contributed by atoms with E-state index in [1.807, 2.05) is 39.1 Å². The number of carbonyl (C=O) groups excluding carboxylic acids is 1. The number of halogens is 1. The lowest BCUT2D eigenvalue weighted by Crippen LogP contribution is -2.12. The van der Waals surface area contributed by atoms with Crippen LogP contribution in [0, 0.1) is 20.8 Å². The van der Waals surface area contributed by atoms with Gasteiger partial charge in [-0.2, -0.15) is 0 Å². The van der Waals surface area contributed by atoms with E-state index < -0.39 is 5.38 Å². The summed E-state index contributed by atoms with van der Waals surface area (Å²) in [6.07, 6.45) is 3.65. The standard InChI is InChI=1S/C16H19ClN2O/c1-10-8-18-6-5-14(10)9-19-11(2)7-15(13(19)4)16(20)12(3)17/h5-8,12H,9H2,1-4H3. The molecule has 0 aliphatic rings. The summed E-state index contributed by atoms with van der Waals surface area (Å²) in [4.78, 5) is 16.2. The van der Waals surface area contributed by atoms with Crippen LogP contribution < -0.4 is 0 Å². The molecule has 0 amide bonds. The number of nitrogens with zero attached hydrogens (tertiary/aromatic N) is 2. The third-order valence-corrected chi connectivity index (χ3v) is 3.86. The molecule has 20 heavy (non-hydrogen) atoms. The highest BCUT2D eigenvalue weighted by Gasteiger charge is 2.19. The van der Waals surface area contributed by atoms with Gasteiger partial charge in [-0.05, 0) is 51.0 Å². The minimum atomic E-state index is -0.494. The van der Waals surface area contributed by atoms with Crippen LogP contribution in [0.4, 0.5) is 0 Å². The van der Waals surface area contributed by atoms with E-state index in [9.17, 15) is 4.79 Å². The van der Waals surface area contributed by atoms with Crippen molar-refractivity contribution in [2.24, 2.45) is 0 Å². The minimum absolute atomic E-state index is 0.0162. The first kappa shape index (κ1) is 14.8. The Labute approximate surface area is 124 Å². The summed E-state index contributed by atoms with van der Waals surface area (Å²) in [5, 5.41) is -0.494. The Morgan fingerprint density at radius 1 is 1.40 bits per heavy atom. The lowest BCUT2D eigenvalue weighted by atomic mass is 10.1. The van der Waals surface area contributed by atoms with Crippen LogP contribution in [0.5, 0.6) is 0 Å². The lowest BCUT2D eigenvalue weighted by molar-refractivity contribution is 0.0991. The summed E-state index contributed by atoms with van der Waals surface area (Å²) in [6.45, 7) is 8.48. The SMILES string of the molecule is Cc1cnccc1Cn1c(C)cc(C(=O)C(C)Cl)c1C. The molecule has 0 bridgehead atoms. The molecule has 2 heterocycles. The fraction of sp³-hybridized carbons (Fsp3) is 0.375. The molecule has 0 radical (unpaired) electrons. The van der Waals surface area contributed by atoms with Gasteiger partial charge in [0.05, 0.1) is 5.38 Å². The van der Waals surface area contributed by atoms with E-state index >= 15 is 0 Å². The van der Waals surface area contributed by atoms with Gasteiger partial charge in [-0.3, -0.25) is 9.78 Å². The minimum Gasteiger partial charge on any atom is -0.344 e. The van der Waals surface area contributed by atoms with E-state index in [-0.39, 0.29) is 5.78 Å². The third kappa shape index (κ3) is 2.78. The molecule has 0 fully saturated rings. The quantitative estimate of drug-likeness (QED) is 0.636. The number of ketones is 1. The van der Waals surface area contributed by atoms with Crippen LogP contribution in [0.25, 0.3) is 0 Å². The monoisotopic (exact) mass is 290 g/mol. The second-order valence-electron chi connectivity index (χ2n) is 5.15. The second-order valence-corrected chi connectivity index (χ2v) is 5.81. The molecule has 3 nitrogen and oxygen atoms in total. The Hall–Kier alpha value is -1.61. The van der Waals surface area contributed by atoms with Gasteiger partial charge in [0.1, 0.15) is 0 Å². The molecule has 0 N–H and O–H groups in total. The van der Waals surface area contributed by atoms with E-state index in [2.05, 4.69) is 9.55 Å². The predicted octanol–water partition coefficient (Wildman–Crippen LogP) is 3.67. The van der Waals surface area contributed by atoms with Gasteiger partial charge in [0.25, 0.3) is 0 Å². The molecule has 0 aliphatic carbocycles. The van der Waals surface area contributed by atoms with Gasteiger partial charge < -0.3 is 4.57 Å². The summed E-state index contributed by atoms with van der Waals surface area (Å²) < 4.78 is 2.15. The Morgan fingerprint density at radius 3 is 2.70 bits per heavy atom. The number of alkyl halides is 1. The maximum Gasteiger partial charge on any atom is 0.182 e. The summed E-state index contributed by atoms with van der Waals surface area (Å²) in [6, 6.07) is 3.94. The van der Waals surface area contributed by atoms with Crippen molar-refractivity contribution in [2.45, 2.75) is 39.6 Å². The maximum atomic E-state index is 12.1. The molecule has 2 aromatic heterocycles. The zero-order valence-corrected chi connectivity index (χ0v) is 13.0. The van der Waals surface area contributed by atoms with Gasteiger partial charge in [0, 0.05) is 35.9 Å². The average Bonchev–Trinajstić information content (AvgIpc) is 2.68. The average molecular weight is 291 g/mol. The molecule has 0 spiro atoms. The summed E-state index contributed by atoms with van der Waals surface area (Å²) in [5.74, 6) is -0.0162. The second kappa shape index (κ2) is 5.80. The maximum absolute atomic E-state index is 12.1. The molecule has 2 aromatic rings. The first-order valence-corrected chi connectivity index (χ1v) is 7.10. The van der Waals surface area contributed by atoms with Crippen molar-refractivity contribution in [2.75, 3.05) is 0 Å². The van der Waals surface area contributed by atoms with E-state index in [0.29, 0.717) is 0 Å². The van der Waals surface area contributed by atoms with Crippen molar-refractivity contribution in [3.05, 3.63) is 52.6 Å². The first-order chi connectivity index (χ1) is 9.41. The van der Waals surface area contributed by atoms with Gasteiger partial charge in [-0.25, -0.2) is 0 Å². The summed E-state index contributed by atoms with van der Waals surface area (Å²) in [5.41, 5.74) is 5.12. The molecule has 0 saturated carbocycles. The highest BCUT2D eigenvalue weighted by molar-refractivity contribution is 6.33. The van der Waals surface area contributed by atoms with Gasteiger partial charge in [0.2, 0.25) is 0 Å². The molecule has 4 heteroatoms. The molecule has 0 aromatic carbocycles. The summed E-state index contributed by atoms with van der Waals surface area (Å²) in [7, 11) is 0. The summed E-state index contributed by atoms with van der Waals surface area (Å²) >= 11 is 5.91. The molecule has 0 saturated heterocycles. The highest BCUT2D eigenvalue weighted by Crippen LogP contribution is 2.20. The van der Waals surface area contributed by atoms with Crippen molar-refractivity contribution < 1.29 is 4.79 Å². The van der Waals surface area contributed by atoms with E-state index in [1.165, 1.54) is 5.56 Å². The fourth-order valence-electron chi connectivity index (χ4n) is 2.36. The van der Waals surface area contributed by atoms with Crippen molar-refractivity contribution in [1.29, 1.82) is 0 Å². The Bertz CT molecular complexity index is 644. The third-order valence-electron chi connectivity index (χ3n) is 3.67. The number of hydrogen-bond acceptors (Lipinski definition) is 2. The molecule has 1 unspecified atom stereocenters. The van der Waals surface area contributed by atoms with Crippen molar-refractivity contribution >= 4 is 17.4 Å². The number of aryl methyl sites for hydroxylation is 2. The molecule has 2 rings (SSSR count). The topological polar surface area (TPSA) is 34.9 Å². The van der Waals surface area contributed by atoms with E-state index in [4.69, 9.17) is 11.6 Å². The highest BCUT2D eigenvalue weighted by atomic mass is 35.5. The smallest absolute Gasteiger partial charge is 0.182 e. The van der Waals surface area contributed by atoms with Gasteiger partial charge in [-0.1, -0.05) is 0 Å². The number of hydrogen-bond donors (Lipinski definition) is 0. The first-order valence-electron chi connectivity index (χ1n) is 6.66. The zero-order valence-electron chi connectivity index (χ0n) is 12.3. The van der Waals surface area contributed by atoms with E-state index in [1.54, 1.807) is 13.1 Å². The van der Waals surface area contributed by atoms with Crippen LogP contribution in [0.2, 0.25) is 0 Å². The molecule has 1 atom stereocenters. The fourth-order valence-corrected chi connectivity index (χ4v) is 2.48. The Balaban J connectivity index is 2.39. The van der Waals surface area contributed by atoms with Gasteiger partial charge in [0.15, 0.2) is 5.78 Å². The lowest BCUT2D eigenvalue weighted by Gasteiger charge is -2.12. The van der Waals surface area contributed by atoms with Crippen molar-refractivity contribution in [1.82, 2.24) is 9.55 Å². The predicted molar refractivity (Wildman–Crippen MR) is 81.6 cm³/mol.